The van der Waals surface area contributed by atoms with Crippen LogP contribution in [0, 0.1) is 10.1 Å². The number of carboxylic acid groups (broad SMARTS) is 1. The van der Waals surface area contributed by atoms with E-state index in [1.807, 2.05) is 0 Å². The van der Waals surface area contributed by atoms with E-state index in [9.17, 15) is 20.0 Å². The zero-order valence-electron chi connectivity index (χ0n) is 11.5. The topological polar surface area (TPSA) is 110 Å². The van der Waals surface area contributed by atoms with Crippen molar-refractivity contribution >= 4 is 17.6 Å². The average Bonchev–Trinajstić information content (AvgIpc) is 2.81. The Labute approximate surface area is 120 Å². The number of nitrogens with one attached hydrogen (secondary N) is 1. The number of hydrogen-bond donors (Lipinski definition) is 2. The van der Waals surface area contributed by atoms with Gasteiger partial charge in [-0.1, -0.05) is 30.3 Å². The Kier molecular flexibility index (Phi) is 3.62. The molecule has 110 valence electrons. The Morgan fingerprint density at radius 1 is 1.43 bits per heavy atom. The SMILES string of the molecule is Cn1cnc([N+](=O)[O-])c1NC(C)(C(=O)O)c1ccccc1. The number of hydrogen-bond acceptors (Lipinski definition) is 5. The summed E-state index contributed by atoms with van der Waals surface area (Å²) in [6.45, 7) is 1.45. The van der Waals surface area contributed by atoms with Gasteiger partial charge >= 0.3 is 11.8 Å². The molecule has 0 bridgehead atoms. The molecule has 2 aromatic rings. The molecule has 1 heterocycles. The van der Waals surface area contributed by atoms with E-state index < -0.39 is 22.2 Å². The van der Waals surface area contributed by atoms with Crippen LogP contribution in [0.3, 0.4) is 0 Å². The molecule has 0 radical (unpaired) electrons. The maximum Gasteiger partial charge on any atom is 0.406 e. The Hall–Kier alpha value is -2.90. The summed E-state index contributed by atoms with van der Waals surface area (Å²) in [5, 5.41) is 23.2. The van der Waals surface area contributed by atoms with Crippen molar-refractivity contribution in [3.8, 4) is 0 Å². The number of carboxylic acids is 1. The number of aryl methyl sites for hydroxylation is 1. The molecule has 0 amide bonds. The second-order valence-corrected chi connectivity index (χ2v) is 4.71. The van der Waals surface area contributed by atoms with Crippen molar-refractivity contribution in [3.63, 3.8) is 0 Å². The lowest BCUT2D eigenvalue weighted by molar-refractivity contribution is -0.388. The van der Waals surface area contributed by atoms with Crippen molar-refractivity contribution in [2.24, 2.45) is 7.05 Å². The summed E-state index contributed by atoms with van der Waals surface area (Å²) in [6, 6.07) is 8.46. The summed E-state index contributed by atoms with van der Waals surface area (Å²) in [5.41, 5.74) is -1.03. The largest absolute Gasteiger partial charge is 0.479 e. The zero-order chi connectivity index (χ0) is 15.6. The van der Waals surface area contributed by atoms with Crippen LogP contribution < -0.4 is 5.32 Å². The van der Waals surface area contributed by atoms with Gasteiger partial charge in [-0.2, -0.15) is 0 Å². The molecule has 1 unspecified atom stereocenters. The van der Waals surface area contributed by atoms with Gasteiger partial charge < -0.3 is 20.5 Å². The number of aliphatic carboxylic acids is 1. The minimum Gasteiger partial charge on any atom is -0.479 e. The van der Waals surface area contributed by atoms with Crippen molar-refractivity contribution in [3.05, 3.63) is 52.3 Å². The van der Waals surface area contributed by atoms with Crippen LogP contribution in [-0.2, 0) is 17.4 Å². The molecule has 21 heavy (non-hydrogen) atoms. The normalized spacial score (nSPS) is 13.4. The van der Waals surface area contributed by atoms with Crippen LogP contribution in [0.4, 0.5) is 11.6 Å². The van der Waals surface area contributed by atoms with Gasteiger partial charge in [-0.15, -0.1) is 0 Å². The predicted octanol–water partition coefficient (Wildman–Crippen LogP) is 1.74. The van der Waals surface area contributed by atoms with E-state index in [1.54, 1.807) is 37.4 Å². The van der Waals surface area contributed by atoms with Gasteiger partial charge in [0.25, 0.3) is 0 Å². The number of carbonyl (C=O) groups is 1. The average molecular weight is 290 g/mol. The molecule has 0 saturated carbocycles. The molecule has 0 saturated heterocycles. The highest BCUT2D eigenvalue weighted by atomic mass is 16.6. The van der Waals surface area contributed by atoms with Crippen molar-refractivity contribution in [1.29, 1.82) is 0 Å². The number of nitro groups is 1. The van der Waals surface area contributed by atoms with E-state index in [2.05, 4.69) is 10.3 Å². The number of anilines is 1. The Morgan fingerprint density at radius 2 is 2.05 bits per heavy atom. The van der Waals surface area contributed by atoms with Gasteiger partial charge in [0.2, 0.25) is 12.1 Å². The van der Waals surface area contributed by atoms with Crippen LogP contribution in [0.2, 0.25) is 0 Å². The van der Waals surface area contributed by atoms with Crippen LogP contribution in [0.5, 0.6) is 0 Å². The highest BCUT2D eigenvalue weighted by Gasteiger charge is 2.38. The van der Waals surface area contributed by atoms with Crippen LogP contribution in [0.15, 0.2) is 36.7 Å². The highest BCUT2D eigenvalue weighted by Crippen LogP contribution is 2.30. The molecule has 0 aliphatic carbocycles. The first-order valence-electron chi connectivity index (χ1n) is 6.09. The number of nitrogens with zero attached hydrogens (tertiary/aromatic N) is 3. The van der Waals surface area contributed by atoms with Crippen molar-refractivity contribution in [2.45, 2.75) is 12.5 Å². The van der Waals surface area contributed by atoms with E-state index in [1.165, 1.54) is 17.8 Å². The number of imidazole rings is 1. The van der Waals surface area contributed by atoms with E-state index in [-0.39, 0.29) is 5.82 Å². The molecular weight excluding hydrogens is 276 g/mol. The monoisotopic (exact) mass is 290 g/mol. The fourth-order valence-electron chi connectivity index (χ4n) is 1.95. The number of aromatic nitrogens is 2. The summed E-state index contributed by atoms with van der Waals surface area (Å²) in [7, 11) is 1.55. The van der Waals surface area contributed by atoms with Gasteiger partial charge in [0.05, 0.1) is 0 Å². The third kappa shape index (κ3) is 2.55. The van der Waals surface area contributed by atoms with E-state index >= 15 is 0 Å². The van der Waals surface area contributed by atoms with Crippen LogP contribution in [0.1, 0.15) is 12.5 Å². The summed E-state index contributed by atoms with van der Waals surface area (Å²) < 4.78 is 1.38. The van der Waals surface area contributed by atoms with E-state index in [0.29, 0.717) is 5.56 Å². The number of rotatable bonds is 5. The highest BCUT2D eigenvalue weighted by molar-refractivity contribution is 5.84. The van der Waals surface area contributed by atoms with Gasteiger partial charge in [-0.05, 0) is 22.4 Å². The predicted molar refractivity (Wildman–Crippen MR) is 74.9 cm³/mol. The third-order valence-electron chi connectivity index (χ3n) is 3.24. The van der Waals surface area contributed by atoms with Gasteiger partial charge in [0.1, 0.15) is 0 Å². The maximum absolute atomic E-state index is 11.7. The summed E-state index contributed by atoms with van der Waals surface area (Å²) in [4.78, 5) is 25.7. The third-order valence-corrected chi connectivity index (χ3v) is 3.24. The quantitative estimate of drug-likeness (QED) is 0.641. The lowest BCUT2D eigenvalue weighted by Gasteiger charge is -2.27. The lowest BCUT2D eigenvalue weighted by atomic mass is 9.92. The van der Waals surface area contributed by atoms with Gasteiger partial charge in [-0.25, -0.2) is 4.79 Å². The molecule has 2 N–H and O–H groups in total. The molecule has 8 heteroatoms. The molecule has 1 atom stereocenters. The maximum atomic E-state index is 11.7. The Bertz CT molecular complexity index is 683. The fourth-order valence-corrected chi connectivity index (χ4v) is 1.95. The minimum atomic E-state index is -1.51. The van der Waals surface area contributed by atoms with Gasteiger partial charge in [0.15, 0.2) is 5.54 Å². The van der Waals surface area contributed by atoms with E-state index in [0.717, 1.165) is 0 Å². The van der Waals surface area contributed by atoms with Crippen LogP contribution >= 0.6 is 0 Å². The molecule has 8 nitrogen and oxygen atoms in total. The first-order valence-corrected chi connectivity index (χ1v) is 6.09. The molecule has 2 rings (SSSR count). The molecule has 0 aliphatic rings. The minimum absolute atomic E-state index is 0.0359. The Morgan fingerprint density at radius 3 is 2.57 bits per heavy atom. The summed E-state index contributed by atoms with van der Waals surface area (Å²) in [6.07, 6.45) is 1.26. The van der Waals surface area contributed by atoms with Crippen molar-refractivity contribution < 1.29 is 14.8 Å². The Balaban J connectivity index is 2.50. The molecule has 1 aromatic carbocycles. The van der Waals surface area contributed by atoms with Gasteiger partial charge in [-0.3, -0.25) is 4.57 Å². The molecule has 0 spiro atoms. The molecule has 1 aromatic heterocycles. The summed E-state index contributed by atoms with van der Waals surface area (Å²) >= 11 is 0. The zero-order valence-corrected chi connectivity index (χ0v) is 11.5. The fraction of sp³-hybridized carbons (Fsp3) is 0.231. The standard InChI is InChI=1S/C13H14N4O4/c1-13(12(18)19,9-6-4-3-5-7-9)15-11-10(17(20)21)14-8-16(11)2/h3-8,15H,1-2H3,(H,18,19). The number of benzene rings is 1. The molecular formula is C13H14N4O4. The smallest absolute Gasteiger partial charge is 0.406 e. The van der Waals surface area contributed by atoms with Crippen LogP contribution in [0.25, 0.3) is 0 Å². The second kappa shape index (κ2) is 5.23. The first kappa shape index (κ1) is 14.5. The van der Waals surface area contributed by atoms with Gasteiger partial charge in [0, 0.05) is 7.05 Å². The molecule has 0 fully saturated rings. The summed E-state index contributed by atoms with van der Waals surface area (Å²) in [5.74, 6) is -1.53. The van der Waals surface area contributed by atoms with Crippen molar-refractivity contribution in [2.75, 3.05) is 5.32 Å². The lowest BCUT2D eigenvalue weighted by Crippen LogP contribution is -2.41. The van der Waals surface area contributed by atoms with Crippen molar-refractivity contribution in [1.82, 2.24) is 9.55 Å². The molecule has 0 aliphatic heterocycles. The second-order valence-electron chi connectivity index (χ2n) is 4.71. The van der Waals surface area contributed by atoms with Crippen LogP contribution in [-0.4, -0.2) is 25.6 Å². The van der Waals surface area contributed by atoms with E-state index in [4.69, 9.17) is 0 Å². The first-order chi connectivity index (χ1) is 9.86.